The van der Waals surface area contributed by atoms with Crippen molar-refractivity contribution in [1.29, 1.82) is 0 Å². The van der Waals surface area contributed by atoms with Gasteiger partial charge in [0.05, 0.1) is 12.4 Å². The maximum Gasteiger partial charge on any atom is 0.339 e. The van der Waals surface area contributed by atoms with Gasteiger partial charge in [-0.25, -0.2) is 20.4 Å². The van der Waals surface area contributed by atoms with Crippen LogP contribution < -0.4 is 21.5 Å². The molecule has 4 amide bonds. The van der Waals surface area contributed by atoms with E-state index in [9.17, 15) is 9.59 Å². The molecule has 0 spiro atoms. The molecule has 30 heavy (non-hydrogen) atoms. The number of hydrogen-bond donors (Lipinski definition) is 4. The zero-order valence-corrected chi connectivity index (χ0v) is 15.9. The van der Waals surface area contributed by atoms with Crippen molar-refractivity contribution < 1.29 is 9.59 Å². The summed E-state index contributed by atoms with van der Waals surface area (Å²) in [5, 5.41) is 13.1. The quantitative estimate of drug-likeness (QED) is 0.371. The third kappa shape index (κ3) is 6.93. The first-order valence-corrected chi connectivity index (χ1v) is 9.09. The summed E-state index contributed by atoms with van der Waals surface area (Å²) in [4.78, 5) is 23.5. The fraction of sp³-hybridized carbons (Fsp3) is 0. The number of para-hydroxylation sites is 2. The Bertz CT molecular complexity index is 934. The van der Waals surface area contributed by atoms with Crippen LogP contribution in [0.3, 0.4) is 0 Å². The van der Waals surface area contributed by atoms with E-state index < -0.39 is 12.1 Å². The summed E-state index contributed by atoms with van der Waals surface area (Å²) >= 11 is 0. The molecule has 8 nitrogen and oxygen atoms in total. The SMILES string of the molecule is O=C(N/N=C\c1ccc(/C=N\NC(=O)Nc2ccccc2)cc1)Nc1ccccc1. The number of amides is 4. The molecule has 0 saturated carbocycles. The van der Waals surface area contributed by atoms with E-state index in [1.165, 1.54) is 12.4 Å². The van der Waals surface area contributed by atoms with E-state index in [0.717, 1.165) is 11.1 Å². The molecule has 0 fully saturated rings. The predicted octanol–water partition coefficient (Wildman–Crippen LogP) is 4.00. The average Bonchev–Trinajstić information content (AvgIpc) is 2.76. The monoisotopic (exact) mass is 400 g/mol. The number of hydrogen-bond acceptors (Lipinski definition) is 4. The molecule has 0 heterocycles. The van der Waals surface area contributed by atoms with E-state index in [2.05, 4.69) is 31.7 Å². The Morgan fingerprint density at radius 3 is 1.30 bits per heavy atom. The van der Waals surface area contributed by atoms with Crippen LogP contribution in [0.4, 0.5) is 21.0 Å². The summed E-state index contributed by atoms with van der Waals surface area (Å²) in [7, 11) is 0. The summed E-state index contributed by atoms with van der Waals surface area (Å²) in [6.45, 7) is 0. The van der Waals surface area contributed by atoms with Crippen molar-refractivity contribution in [2.24, 2.45) is 10.2 Å². The van der Waals surface area contributed by atoms with Crippen molar-refractivity contribution in [3.8, 4) is 0 Å². The van der Waals surface area contributed by atoms with Crippen molar-refractivity contribution >= 4 is 35.9 Å². The van der Waals surface area contributed by atoms with Crippen LogP contribution in [0.2, 0.25) is 0 Å². The van der Waals surface area contributed by atoms with Gasteiger partial charge in [-0.2, -0.15) is 10.2 Å². The molecule has 3 rings (SSSR count). The largest absolute Gasteiger partial charge is 0.339 e. The lowest BCUT2D eigenvalue weighted by Crippen LogP contribution is -2.24. The van der Waals surface area contributed by atoms with Crippen LogP contribution in [-0.2, 0) is 0 Å². The lowest BCUT2D eigenvalue weighted by molar-refractivity contribution is 0.251. The maximum atomic E-state index is 11.8. The van der Waals surface area contributed by atoms with Gasteiger partial charge in [-0.15, -0.1) is 0 Å². The minimum absolute atomic E-state index is 0.430. The molecule has 0 bridgehead atoms. The highest BCUT2D eigenvalue weighted by Gasteiger charge is 1.99. The summed E-state index contributed by atoms with van der Waals surface area (Å²) in [5.74, 6) is 0. The van der Waals surface area contributed by atoms with Crippen LogP contribution in [0.15, 0.2) is 95.1 Å². The molecule has 3 aromatic rings. The molecule has 8 heteroatoms. The van der Waals surface area contributed by atoms with Gasteiger partial charge in [-0.05, 0) is 35.4 Å². The van der Waals surface area contributed by atoms with E-state index in [1.54, 1.807) is 24.3 Å². The van der Waals surface area contributed by atoms with Crippen molar-refractivity contribution in [3.63, 3.8) is 0 Å². The van der Waals surface area contributed by atoms with Crippen LogP contribution in [0.5, 0.6) is 0 Å². The van der Waals surface area contributed by atoms with Crippen molar-refractivity contribution in [1.82, 2.24) is 10.9 Å². The van der Waals surface area contributed by atoms with E-state index in [1.807, 2.05) is 60.7 Å². The van der Waals surface area contributed by atoms with Crippen LogP contribution >= 0.6 is 0 Å². The molecule has 0 radical (unpaired) electrons. The Hall–Kier alpha value is -4.46. The third-order valence-corrected chi connectivity index (χ3v) is 3.76. The van der Waals surface area contributed by atoms with Crippen molar-refractivity contribution in [2.75, 3.05) is 10.6 Å². The van der Waals surface area contributed by atoms with Gasteiger partial charge in [-0.3, -0.25) is 0 Å². The number of carbonyl (C=O) groups excluding carboxylic acids is 2. The van der Waals surface area contributed by atoms with Crippen LogP contribution in [-0.4, -0.2) is 24.5 Å². The van der Waals surface area contributed by atoms with Gasteiger partial charge in [0, 0.05) is 11.4 Å². The van der Waals surface area contributed by atoms with E-state index in [-0.39, 0.29) is 0 Å². The molecule has 0 aliphatic rings. The molecular formula is C22H20N6O2. The van der Waals surface area contributed by atoms with E-state index >= 15 is 0 Å². The number of rotatable bonds is 6. The lowest BCUT2D eigenvalue weighted by Gasteiger charge is -2.03. The van der Waals surface area contributed by atoms with Gasteiger partial charge in [0.25, 0.3) is 0 Å². The zero-order chi connectivity index (χ0) is 21.0. The highest BCUT2D eigenvalue weighted by Crippen LogP contribution is 2.05. The summed E-state index contributed by atoms with van der Waals surface area (Å²) in [5.41, 5.74) is 7.75. The summed E-state index contributed by atoms with van der Waals surface area (Å²) in [6, 6.07) is 24.6. The van der Waals surface area contributed by atoms with Crippen LogP contribution in [0.25, 0.3) is 0 Å². The molecule has 0 atom stereocenters. The number of urea groups is 2. The first-order chi connectivity index (χ1) is 14.7. The van der Waals surface area contributed by atoms with Gasteiger partial charge in [0.2, 0.25) is 0 Å². The Balaban J connectivity index is 1.42. The fourth-order valence-corrected chi connectivity index (χ4v) is 2.36. The van der Waals surface area contributed by atoms with Gasteiger partial charge < -0.3 is 10.6 Å². The van der Waals surface area contributed by atoms with Gasteiger partial charge in [0.1, 0.15) is 0 Å². The van der Waals surface area contributed by atoms with Gasteiger partial charge in [0.15, 0.2) is 0 Å². The van der Waals surface area contributed by atoms with E-state index in [4.69, 9.17) is 0 Å². The number of benzene rings is 3. The smallest absolute Gasteiger partial charge is 0.307 e. The number of hydrazone groups is 2. The second kappa shape index (κ2) is 10.8. The Morgan fingerprint density at radius 2 is 0.933 bits per heavy atom. The minimum Gasteiger partial charge on any atom is -0.307 e. The Kier molecular flexibility index (Phi) is 7.28. The molecule has 0 aliphatic carbocycles. The average molecular weight is 400 g/mol. The molecule has 150 valence electrons. The summed E-state index contributed by atoms with van der Waals surface area (Å²) < 4.78 is 0. The zero-order valence-electron chi connectivity index (χ0n) is 15.9. The van der Waals surface area contributed by atoms with Crippen LogP contribution in [0, 0.1) is 0 Å². The second-order valence-electron chi connectivity index (χ2n) is 6.05. The predicted molar refractivity (Wildman–Crippen MR) is 119 cm³/mol. The maximum absolute atomic E-state index is 11.8. The standard InChI is InChI=1S/C22H20N6O2/c29-21(25-19-7-3-1-4-8-19)27-23-15-17-11-13-18(14-12-17)16-24-28-22(30)26-20-9-5-2-6-10-20/h1-16H,(H2,25,27,29)(H2,26,28,30)/b23-15-,24-16-. The number of carbonyl (C=O) groups is 2. The number of nitrogens with zero attached hydrogens (tertiary/aromatic N) is 2. The Labute approximate surface area is 173 Å². The molecule has 0 aliphatic heterocycles. The molecular weight excluding hydrogens is 380 g/mol. The lowest BCUT2D eigenvalue weighted by atomic mass is 10.2. The van der Waals surface area contributed by atoms with Gasteiger partial charge >= 0.3 is 12.1 Å². The molecule has 4 N–H and O–H groups in total. The first-order valence-electron chi connectivity index (χ1n) is 9.09. The molecule has 0 aromatic heterocycles. The van der Waals surface area contributed by atoms with Crippen molar-refractivity contribution in [3.05, 3.63) is 96.1 Å². The van der Waals surface area contributed by atoms with Crippen molar-refractivity contribution in [2.45, 2.75) is 0 Å². The fourth-order valence-electron chi connectivity index (χ4n) is 2.36. The highest BCUT2D eigenvalue weighted by atomic mass is 16.2. The molecule has 0 unspecified atom stereocenters. The highest BCUT2D eigenvalue weighted by molar-refractivity contribution is 5.91. The number of anilines is 2. The normalized spacial score (nSPS) is 10.7. The molecule has 3 aromatic carbocycles. The molecule has 0 saturated heterocycles. The number of nitrogens with one attached hydrogen (secondary N) is 4. The van der Waals surface area contributed by atoms with Crippen LogP contribution in [0.1, 0.15) is 11.1 Å². The van der Waals surface area contributed by atoms with Gasteiger partial charge in [-0.1, -0.05) is 60.7 Å². The topological polar surface area (TPSA) is 107 Å². The Morgan fingerprint density at radius 1 is 0.567 bits per heavy atom. The third-order valence-electron chi connectivity index (χ3n) is 3.76. The summed E-state index contributed by atoms with van der Waals surface area (Å²) in [6.07, 6.45) is 3.05. The minimum atomic E-state index is -0.430. The first kappa shape index (κ1) is 20.3. The second-order valence-corrected chi connectivity index (χ2v) is 6.05. The van der Waals surface area contributed by atoms with E-state index in [0.29, 0.717) is 11.4 Å².